The van der Waals surface area contributed by atoms with Crippen molar-refractivity contribution in [3.8, 4) is 11.8 Å². The van der Waals surface area contributed by atoms with Crippen molar-refractivity contribution < 1.29 is 9.53 Å². The number of carbonyl (C=O) groups excluding carboxylic acids is 1. The fourth-order valence-electron chi connectivity index (χ4n) is 1.74. The molecular formula is C15H10Cl2N2O2. The molecule has 106 valence electrons. The van der Waals surface area contributed by atoms with Gasteiger partial charge in [-0.1, -0.05) is 23.2 Å². The van der Waals surface area contributed by atoms with Crippen molar-refractivity contribution in [1.82, 2.24) is 0 Å². The number of hydrogen-bond donors (Lipinski definition) is 1. The zero-order valence-corrected chi connectivity index (χ0v) is 12.5. The number of nitrogens with one attached hydrogen (secondary N) is 1. The van der Waals surface area contributed by atoms with E-state index in [0.717, 1.165) is 0 Å². The molecule has 0 spiro atoms. The molecule has 1 amide bonds. The molecule has 2 aromatic rings. The maximum absolute atomic E-state index is 12.2. The van der Waals surface area contributed by atoms with Gasteiger partial charge in [0.05, 0.1) is 24.4 Å². The third kappa shape index (κ3) is 3.66. The SMILES string of the molecule is COc1cc(C#N)ccc1NC(=O)c1cc(Cl)cc(Cl)c1. The van der Waals surface area contributed by atoms with E-state index < -0.39 is 0 Å². The number of ether oxygens (including phenoxy) is 1. The van der Waals surface area contributed by atoms with Crippen LogP contribution in [0, 0.1) is 11.3 Å². The molecule has 0 aliphatic heterocycles. The molecule has 0 fully saturated rings. The van der Waals surface area contributed by atoms with Crippen molar-refractivity contribution in [3.05, 3.63) is 57.6 Å². The lowest BCUT2D eigenvalue weighted by Crippen LogP contribution is -2.12. The van der Waals surface area contributed by atoms with Crippen LogP contribution in [0.3, 0.4) is 0 Å². The smallest absolute Gasteiger partial charge is 0.255 e. The monoisotopic (exact) mass is 320 g/mol. The summed E-state index contributed by atoms with van der Waals surface area (Å²) in [4.78, 5) is 12.2. The molecule has 0 saturated heterocycles. The summed E-state index contributed by atoms with van der Waals surface area (Å²) in [6.45, 7) is 0. The number of nitriles is 1. The van der Waals surface area contributed by atoms with E-state index in [2.05, 4.69) is 5.32 Å². The lowest BCUT2D eigenvalue weighted by molar-refractivity contribution is 0.102. The predicted molar refractivity (Wildman–Crippen MR) is 82.1 cm³/mol. The van der Waals surface area contributed by atoms with Gasteiger partial charge < -0.3 is 10.1 Å². The molecule has 0 radical (unpaired) electrons. The van der Waals surface area contributed by atoms with Crippen molar-refractivity contribution in [1.29, 1.82) is 5.26 Å². The summed E-state index contributed by atoms with van der Waals surface area (Å²) >= 11 is 11.7. The number of halogens is 2. The second-order valence-corrected chi connectivity index (χ2v) is 5.01. The van der Waals surface area contributed by atoms with Crippen molar-refractivity contribution in [2.24, 2.45) is 0 Å². The molecule has 0 heterocycles. The Kier molecular flexibility index (Phi) is 4.69. The van der Waals surface area contributed by atoms with Gasteiger partial charge in [-0.05, 0) is 30.3 Å². The Balaban J connectivity index is 2.29. The molecule has 0 aliphatic rings. The highest BCUT2D eigenvalue weighted by molar-refractivity contribution is 6.35. The molecule has 21 heavy (non-hydrogen) atoms. The Bertz CT molecular complexity index is 719. The Morgan fingerprint density at radius 2 is 1.86 bits per heavy atom. The largest absolute Gasteiger partial charge is 0.495 e. The molecule has 0 aromatic heterocycles. The van der Waals surface area contributed by atoms with Crippen molar-refractivity contribution in [3.63, 3.8) is 0 Å². The van der Waals surface area contributed by atoms with Crippen molar-refractivity contribution in [2.45, 2.75) is 0 Å². The zero-order valence-electron chi connectivity index (χ0n) is 11.0. The molecule has 2 rings (SSSR count). The Morgan fingerprint density at radius 3 is 2.43 bits per heavy atom. The third-order valence-electron chi connectivity index (χ3n) is 2.70. The minimum Gasteiger partial charge on any atom is -0.495 e. The summed E-state index contributed by atoms with van der Waals surface area (Å²) in [6, 6.07) is 11.3. The first kappa shape index (κ1) is 15.2. The van der Waals surface area contributed by atoms with Crippen LogP contribution < -0.4 is 10.1 Å². The Labute approximate surface area is 131 Å². The minimum absolute atomic E-state index is 0.332. The highest BCUT2D eigenvalue weighted by Gasteiger charge is 2.12. The molecule has 0 aliphatic carbocycles. The van der Waals surface area contributed by atoms with E-state index in [1.54, 1.807) is 24.3 Å². The van der Waals surface area contributed by atoms with Crippen LogP contribution in [-0.4, -0.2) is 13.0 Å². The first-order valence-electron chi connectivity index (χ1n) is 5.89. The molecule has 0 bridgehead atoms. The molecule has 0 atom stereocenters. The van der Waals surface area contributed by atoms with E-state index in [0.29, 0.717) is 32.6 Å². The van der Waals surface area contributed by atoms with Gasteiger partial charge in [0.25, 0.3) is 5.91 Å². The van der Waals surface area contributed by atoms with Crippen LogP contribution in [0.4, 0.5) is 5.69 Å². The van der Waals surface area contributed by atoms with E-state index >= 15 is 0 Å². The second kappa shape index (κ2) is 6.49. The fraction of sp³-hybridized carbons (Fsp3) is 0.0667. The van der Waals surface area contributed by atoms with Gasteiger partial charge in [0.2, 0.25) is 0 Å². The number of methoxy groups -OCH3 is 1. The summed E-state index contributed by atoms with van der Waals surface area (Å²) in [6.07, 6.45) is 0. The number of nitrogens with zero attached hydrogens (tertiary/aromatic N) is 1. The number of carbonyl (C=O) groups is 1. The number of rotatable bonds is 3. The summed E-state index contributed by atoms with van der Waals surface area (Å²) in [5, 5.41) is 12.3. The average molecular weight is 321 g/mol. The third-order valence-corrected chi connectivity index (χ3v) is 3.14. The lowest BCUT2D eigenvalue weighted by Gasteiger charge is -2.10. The highest BCUT2D eigenvalue weighted by Crippen LogP contribution is 2.26. The van der Waals surface area contributed by atoms with E-state index in [9.17, 15) is 4.79 Å². The van der Waals surface area contributed by atoms with Gasteiger partial charge in [0, 0.05) is 21.7 Å². The first-order chi connectivity index (χ1) is 10.0. The molecule has 1 N–H and O–H groups in total. The van der Waals surface area contributed by atoms with Crippen LogP contribution >= 0.6 is 23.2 Å². The molecule has 6 heteroatoms. The van der Waals surface area contributed by atoms with Crippen LogP contribution in [0.15, 0.2) is 36.4 Å². The maximum atomic E-state index is 12.2. The van der Waals surface area contributed by atoms with Crippen LogP contribution in [0.1, 0.15) is 15.9 Å². The lowest BCUT2D eigenvalue weighted by atomic mass is 10.1. The van der Waals surface area contributed by atoms with Crippen LogP contribution in [-0.2, 0) is 0 Å². The quantitative estimate of drug-likeness (QED) is 0.925. The predicted octanol–water partition coefficient (Wildman–Crippen LogP) is 4.13. The van der Waals surface area contributed by atoms with Gasteiger partial charge in [0.15, 0.2) is 0 Å². The van der Waals surface area contributed by atoms with E-state index in [1.807, 2.05) is 6.07 Å². The number of hydrogen-bond acceptors (Lipinski definition) is 3. The summed E-state index contributed by atoms with van der Waals surface area (Å²) < 4.78 is 5.15. The van der Waals surface area contributed by atoms with Crippen LogP contribution in [0.5, 0.6) is 5.75 Å². The average Bonchev–Trinajstić information content (AvgIpc) is 2.46. The number of amides is 1. The molecular weight excluding hydrogens is 311 g/mol. The zero-order chi connectivity index (χ0) is 15.4. The fourth-order valence-corrected chi connectivity index (χ4v) is 2.27. The Hall–Kier alpha value is -2.22. The Morgan fingerprint density at radius 1 is 1.19 bits per heavy atom. The van der Waals surface area contributed by atoms with E-state index in [4.69, 9.17) is 33.2 Å². The highest BCUT2D eigenvalue weighted by atomic mass is 35.5. The minimum atomic E-state index is -0.373. The summed E-state index contributed by atoms with van der Waals surface area (Å²) in [7, 11) is 1.46. The van der Waals surface area contributed by atoms with Crippen LogP contribution in [0.25, 0.3) is 0 Å². The summed E-state index contributed by atoms with van der Waals surface area (Å²) in [5.41, 5.74) is 1.23. The van der Waals surface area contributed by atoms with E-state index in [-0.39, 0.29) is 5.91 Å². The van der Waals surface area contributed by atoms with Crippen molar-refractivity contribution in [2.75, 3.05) is 12.4 Å². The van der Waals surface area contributed by atoms with Gasteiger partial charge in [-0.25, -0.2) is 0 Å². The number of benzene rings is 2. The van der Waals surface area contributed by atoms with Gasteiger partial charge in [-0.2, -0.15) is 5.26 Å². The van der Waals surface area contributed by atoms with E-state index in [1.165, 1.54) is 19.2 Å². The number of anilines is 1. The standard InChI is InChI=1S/C15H10Cl2N2O2/c1-21-14-4-9(8-18)2-3-13(14)19-15(20)10-5-11(16)7-12(17)6-10/h2-7H,1H3,(H,19,20). The maximum Gasteiger partial charge on any atom is 0.255 e. The molecule has 2 aromatic carbocycles. The van der Waals surface area contributed by atoms with Gasteiger partial charge in [-0.15, -0.1) is 0 Å². The van der Waals surface area contributed by atoms with Gasteiger partial charge >= 0.3 is 0 Å². The summed E-state index contributed by atoms with van der Waals surface area (Å²) in [5.74, 6) is 0.0259. The van der Waals surface area contributed by atoms with Crippen molar-refractivity contribution >= 4 is 34.8 Å². The molecule has 0 unspecified atom stereocenters. The van der Waals surface area contributed by atoms with Gasteiger partial charge in [0.1, 0.15) is 5.75 Å². The first-order valence-corrected chi connectivity index (χ1v) is 6.64. The molecule has 0 saturated carbocycles. The topological polar surface area (TPSA) is 62.1 Å². The molecule has 4 nitrogen and oxygen atoms in total. The van der Waals surface area contributed by atoms with Crippen LogP contribution in [0.2, 0.25) is 10.0 Å². The second-order valence-electron chi connectivity index (χ2n) is 4.14. The van der Waals surface area contributed by atoms with Gasteiger partial charge in [-0.3, -0.25) is 4.79 Å². The normalized spacial score (nSPS) is 9.81.